The number of aliphatic hydroxyl groups excluding tert-OH is 2. The van der Waals surface area contributed by atoms with Crippen molar-refractivity contribution in [2.45, 2.75) is 263 Å². The molecule has 396 valence electrons. The molecule has 0 bridgehead atoms. The lowest BCUT2D eigenvalue weighted by atomic mass is 9.98. The minimum Gasteiger partial charge on any atom is -0.479 e. The Hall–Kier alpha value is -3.58. The van der Waals surface area contributed by atoms with Gasteiger partial charge in [-0.15, -0.1) is 0 Å². The molecule has 0 spiro atoms. The molecule has 0 saturated carbocycles. The topological polar surface area (TPSA) is 175 Å². The van der Waals surface area contributed by atoms with Gasteiger partial charge in [0.25, 0.3) is 0 Å². The summed E-state index contributed by atoms with van der Waals surface area (Å²) in [5.41, 5.74) is 0. The second kappa shape index (κ2) is 45.6. The fourth-order valence-corrected chi connectivity index (χ4v) is 7.89. The van der Waals surface area contributed by atoms with Gasteiger partial charge in [0.2, 0.25) is 0 Å². The molecule has 0 aromatic carbocycles. The molecule has 0 aliphatic carbocycles. The highest BCUT2D eigenvalue weighted by Gasteiger charge is 2.50. The lowest BCUT2D eigenvalue weighted by molar-refractivity contribution is -0.301. The minimum atomic E-state index is -1.91. The maximum absolute atomic E-state index is 13.1. The van der Waals surface area contributed by atoms with Gasteiger partial charge < -0.3 is 39.0 Å². The van der Waals surface area contributed by atoms with Crippen LogP contribution in [0.4, 0.5) is 0 Å². The summed E-state index contributed by atoms with van der Waals surface area (Å²) in [5, 5.41) is 31.4. The van der Waals surface area contributed by atoms with Crippen LogP contribution in [0.2, 0.25) is 0 Å². The molecule has 12 heteroatoms. The van der Waals surface area contributed by atoms with Gasteiger partial charge in [0.05, 0.1) is 6.61 Å². The number of carboxylic acids is 1. The number of hydrogen-bond acceptors (Lipinski definition) is 11. The number of unbranched alkanes of at least 4 members (excludes halogenated alkanes) is 21. The number of carboxylic acid groups (broad SMARTS) is 1. The van der Waals surface area contributed by atoms with Crippen LogP contribution in [0.25, 0.3) is 0 Å². The molecule has 6 atom stereocenters. The standard InChI is InChI=1S/C57H96O12/c1-4-7-10-13-16-19-22-25-28-31-34-37-40-43-49(58)65-46-48(67-50(59)44-41-38-35-32-29-26-23-20-17-14-11-8-5-2)47-66-57-55(53(62)52(61)54(69-57)56(63)64)68-51(60)45-42-39-36-33-30-27-24-21-18-15-12-9-6-3/h9-10,12-13,18-19,21-22,27,30,48,52-55,57,61-62H,4-8,11,14-17,20,23-26,28-29,31-47H2,1-3H3,(H,63,64)/b12-9-,13-10-,21-18-,22-19-,30-27-. The van der Waals surface area contributed by atoms with Crippen molar-refractivity contribution in [3.8, 4) is 0 Å². The third-order valence-electron chi connectivity index (χ3n) is 12.1. The Bertz CT molecular complexity index is 1440. The molecule has 3 N–H and O–H groups in total. The molecule has 12 nitrogen and oxygen atoms in total. The van der Waals surface area contributed by atoms with Crippen molar-refractivity contribution < 1.29 is 58.2 Å². The molecule has 1 aliphatic rings. The van der Waals surface area contributed by atoms with Crippen molar-refractivity contribution in [2.75, 3.05) is 13.2 Å². The maximum Gasteiger partial charge on any atom is 0.335 e. The zero-order valence-electron chi connectivity index (χ0n) is 43.3. The van der Waals surface area contributed by atoms with Crippen molar-refractivity contribution in [3.63, 3.8) is 0 Å². The van der Waals surface area contributed by atoms with E-state index >= 15 is 0 Å². The van der Waals surface area contributed by atoms with E-state index in [1.54, 1.807) is 0 Å². The molecule has 0 aromatic heterocycles. The molecule has 1 rings (SSSR count). The van der Waals surface area contributed by atoms with E-state index < -0.39 is 67.3 Å². The highest BCUT2D eigenvalue weighted by molar-refractivity contribution is 5.74. The molecule has 1 aliphatic heterocycles. The van der Waals surface area contributed by atoms with E-state index in [9.17, 15) is 34.5 Å². The summed E-state index contributed by atoms with van der Waals surface area (Å²) in [6.45, 7) is 5.77. The Labute approximate surface area is 417 Å². The molecule has 0 aromatic rings. The zero-order valence-corrected chi connectivity index (χ0v) is 43.3. The van der Waals surface area contributed by atoms with Crippen molar-refractivity contribution >= 4 is 23.9 Å². The Morgan fingerprint density at radius 2 is 0.942 bits per heavy atom. The average molecular weight is 973 g/mol. The van der Waals surface area contributed by atoms with Gasteiger partial charge in [0.15, 0.2) is 24.6 Å². The molecule has 0 amide bonds. The Balaban J connectivity index is 2.75. The van der Waals surface area contributed by atoms with Crippen molar-refractivity contribution in [1.29, 1.82) is 0 Å². The first-order valence-corrected chi connectivity index (χ1v) is 27.3. The van der Waals surface area contributed by atoms with Gasteiger partial charge in [-0.1, -0.05) is 191 Å². The molecule has 1 fully saturated rings. The van der Waals surface area contributed by atoms with Crippen molar-refractivity contribution in [3.05, 3.63) is 60.8 Å². The zero-order chi connectivity index (χ0) is 50.4. The smallest absolute Gasteiger partial charge is 0.335 e. The first kappa shape index (κ1) is 63.4. The van der Waals surface area contributed by atoms with Crippen LogP contribution in [0.1, 0.15) is 226 Å². The monoisotopic (exact) mass is 973 g/mol. The minimum absolute atomic E-state index is 0.0239. The predicted octanol–water partition coefficient (Wildman–Crippen LogP) is 13.2. The van der Waals surface area contributed by atoms with E-state index in [0.717, 1.165) is 109 Å². The average Bonchev–Trinajstić information content (AvgIpc) is 3.33. The lowest BCUT2D eigenvalue weighted by Gasteiger charge is -2.40. The van der Waals surface area contributed by atoms with E-state index in [1.165, 1.54) is 57.8 Å². The molecule has 1 heterocycles. The van der Waals surface area contributed by atoms with Crippen LogP contribution in [-0.2, 0) is 42.9 Å². The highest BCUT2D eigenvalue weighted by Crippen LogP contribution is 2.26. The predicted molar refractivity (Wildman–Crippen MR) is 275 cm³/mol. The molecule has 1 saturated heterocycles. The number of hydrogen-bond donors (Lipinski definition) is 3. The van der Waals surface area contributed by atoms with E-state index in [-0.39, 0.29) is 25.9 Å². The SMILES string of the molecule is CC/C=C\C/C=C\C/C=C\CCCCCC(=O)OC1C(OCC(COC(=O)CCCCCCC/C=C\C/C=C\CCC)OC(=O)CCCCCCCCCCCCCCC)OC(C(=O)O)C(O)C1O. The first-order valence-electron chi connectivity index (χ1n) is 27.3. The van der Waals surface area contributed by atoms with Crippen LogP contribution >= 0.6 is 0 Å². The Morgan fingerprint density at radius 1 is 0.493 bits per heavy atom. The van der Waals surface area contributed by atoms with Gasteiger partial charge in [-0.05, 0) is 77.0 Å². The highest BCUT2D eigenvalue weighted by atomic mass is 16.7. The number of ether oxygens (including phenoxy) is 5. The summed E-state index contributed by atoms with van der Waals surface area (Å²) in [4.78, 5) is 50.9. The van der Waals surface area contributed by atoms with Gasteiger partial charge in [-0.25, -0.2) is 4.79 Å². The van der Waals surface area contributed by atoms with Gasteiger partial charge in [-0.3, -0.25) is 14.4 Å². The third-order valence-corrected chi connectivity index (χ3v) is 12.1. The largest absolute Gasteiger partial charge is 0.479 e. The normalized spacial score (nSPS) is 19.1. The van der Waals surface area contributed by atoms with Crippen molar-refractivity contribution in [2.24, 2.45) is 0 Å². The number of aliphatic carboxylic acids is 1. The van der Waals surface area contributed by atoms with Crippen LogP contribution in [0, 0.1) is 0 Å². The number of esters is 3. The number of aliphatic hydroxyl groups is 2. The van der Waals surface area contributed by atoms with Crippen LogP contribution in [0.15, 0.2) is 60.8 Å². The van der Waals surface area contributed by atoms with E-state index in [4.69, 9.17) is 23.7 Å². The van der Waals surface area contributed by atoms with Crippen LogP contribution < -0.4 is 0 Å². The fraction of sp³-hybridized carbons (Fsp3) is 0.754. The third kappa shape index (κ3) is 36.1. The van der Waals surface area contributed by atoms with Gasteiger partial charge in [-0.2, -0.15) is 0 Å². The molecular formula is C57H96O12. The van der Waals surface area contributed by atoms with Crippen LogP contribution in [0.3, 0.4) is 0 Å². The first-order chi connectivity index (χ1) is 33.6. The lowest BCUT2D eigenvalue weighted by Crippen LogP contribution is -2.61. The molecular weight excluding hydrogens is 877 g/mol. The second-order valence-corrected chi connectivity index (χ2v) is 18.5. The van der Waals surface area contributed by atoms with Crippen LogP contribution in [-0.4, -0.2) is 89.2 Å². The van der Waals surface area contributed by atoms with Crippen LogP contribution in [0.5, 0.6) is 0 Å². The summed E-state index contributed by atoms with van der Waals surface area (Å²) < 4.78 is 28.3. The quantitative estimate of drug-likeness (QED) is 0.0228. The molecule has 6 unspecified atom stereocenters. The number of carbonyl (C=O) groups excluding carboxylic acids is 3. The summed E-state index contributed by atoms with van der Waals surface area (Å²) in [7, 11) is 0. The molecule has 69 heavy (non-hydrogen) atoms. The second-order valence-electron chi connectivity index (χ2n) is 18.5. The van der Waals surface area contributed by atoms with E-state index in [0.29, 0.717) is 19.3 Å². The molecule has 0 radical (unpaired) electrons. The summed E-state index contributed by atoms with van der Waals surface area (Å²) in [5.74, 6) is -3.17. The summed E-state index contributed by atoms with van der Waals surface area (Å²) in [6, 6.07) is 0. The van der Waals surface area contributed by atoms with Gasteiger partial charge in [0, 0.05) is 19.3 Å². The number of carbonyl (C=O) groups is 4. The Kier molecular flexibility index (Phi) is 41.9. The summed E-state index contributed by atoms with van der Waals surface area (Å²) in [6.07, 6.45) is 42.0. The number of allylic oxidation sites excluding steroid dienone is 10. The van der Waals surface area contributed by atoms with E-state index in [2.05, 4.69) is 81.5 Å². The van der Waals surface area contributed by atoms with E-state index in [1.807, 2.05) is 0 Å². The fourth-order valence-electron chi connectivity index (χ4n) is 7.89. The summed E-state index contributed by atoms with van der Waals surface area (Å²) >= 11 is 0. The number of rotatable bonds is 45. The van der Waals surface area contributed by atoms with Gasteiger partial charge >= 0.3 is 23.9 Å². The van der Waals surface area contributed by atoms with Crippen molar-refractivity contribution in [1.82, 2.24) is 0 Å². The maximum atomic E-state index is 13.1. The Morgan fingerprint density at radius 3 is 1.46 bits per heavy atom. The van der Waals surface area contributed by atoms with Gasteiger partial charge in [0.1, 0.15) is 18.8 Å².